The van der Waals surface area contributed by atoms with Gasteiger partial charge < -0.3 is 20.5 Å². The van der Waals surface area contributed by atoms with Gasteiger partial charge in [-0.05, 0) is 38.8 Å². The molecule has 0 aromatic heterocycles. The first kappa shape index (κ1) is 14.7. The Hall–Kier alpha value is -1.75. The summed E-state index contributed by atoms with van der Waals surface area (Å²) in [7, 11) is 0. The molecule has 5 heteroatoms. The van der Waals surface area contributed by atoms with Crippen LogP contribution in [0.4, 0.5) is 5.69 Å². The molecule has 1 amide bonds. The van der Waals surface area contributed by atoms with Crippen LogP contribution in [0, 0.1) is 0 Å². The van der Waals surface area contributed by atoms with Crippen LogP contribution in [-0.2, 0) is 4.74 Å². The van der Waals surface area contributed by atoms with Crippen LogP contribution in [0.15, 0.2) is 18.2 Å². The summed E-state index contributed by atoms with van der Waals surface area (Å²) in [5, 5.41) is 3.08. The van der Waals surface area contributed by atoms with Crippen molar-refractivity contribution in [3.05, 3.63) is 23.8 Å². The Kier molecular flexibility index (Phi) is 4.49. The fourth-order valence-electron chi connectivity index (χ4n) is 2.33. The lowest BCUT2D eigenvalue weighted by molar-refractivity contribution is 0.0422. The SMILES string of the molecule is CCOc1c(N)cccc1C(=O)NC1(C)CCOCC1. The first-order valence-electron chi connectivity index (χ1n) is 6.97. The lowest BCUT2D eigenvalue weighted by Crippen LogP contribution is -2.49. The summed E-state index contributed by atoms with van der Waals surface area (Å²) in [6.45, 7) is 5.73. The Balaban J connectivity index is 2.18. The van der Waals surface area contributed by atoms with Gasteiger partial charge in [-0.3, -0.25) is 4.79 Å². The molecule has 3 N–H and O–H groups in total. The zero-order chi connectivity index (χ0) is 14.6. The summed E-state index contributed by atoms with van der Waals surface area (Å²) in [5.41, 5.74) is 6.62. The van der Waals surface area contributed by atoms with Gasteiger partial charge in [0.25, 0.3) is 5.91 Å². The van der Waals surface area contributed by atoms with Gasteiger partial charge in [0.05, 0.1) is 17.9 Å². The van der Waals surface area contributed by atoms with Gasteiger partial charge in [0.1, 0.15) is 0 Å². The van der Waals surface area contributed by atoms with Crippen LogP contribution >= 0.6 is 0 Å². The predicted molar refractivity (Wildman–Crippen MR) is 77.9 cm³/mol. The van der Waals surface area contributed by atoms with Crippen molar-refractivity contribution < 1.29 is 14.3 Å². The van der Waals surface area contributed by atoms with Gasteiger partial charge in [0, 0.05) is 18.8 Å². The molecule has 0 radical (unpaired) electrons. The minimum Gasteiger partial charge on any atom is -0.491 e. The third kappa shape index (κ3) is 3.22. The monoisotopic (exact) mass is 278 g/mol. The molecule has 1 aromatic carbocycles. The second-order valence-corrected chi connectivity index (χ2v) is 5.28. The van der Waals surface area contributed by atoms with E-state index in [4.69, 9.17) is 15.2 Å². The molecule has 0 unspecified atom stereocenters. The Labute approximate surface area is 119 Å². The largest absolute Gasteiger partial charge is 0.491 e. The van der Waals surface area contributed by atoms with Crippen LogP contribution in [0.3, 0.4) is 0 Å². The summed E-state index contributed by atoms with van der Waals surface area (Å²) in [6, 6.07) is 5.23. The number of hydrogen-bond donors (Lipinski definition) is 2. The van der Waals surface area contributed by atoms with Gasteiger partial charge in [-0.1, -0.05) is 6.07 Å². The van der Waals surface area contributed by atoms with Crippen molar-refractivity contribution in [3.8, 4) is 5.75 Å². The van der Waals surface area contributed by atoms with Gasteiger partial charge in [0.15, 0.2) is 5.75 Å². The normalized spacial score (nSPS) is 17.5. The van der Waals surface area contributed by atoms with Gasteiger partial charge in [-0.15, -0.1) is 0 Å². The minimum atomic E-state index is -0.233. The van der Waals surface area contributed by atoms with Crippen LogP contribution < -0.4 is 15.8 Å². The molecule has 0 spiro atoms. The standard InChI is InChI=1S/C15H22N2O3/c1-3-20-13-11(5-4-6-12(13)16)14(18)17-15(2)7-9-19-10-8-15/h4-6H,3,7-10,16H2,1-2H3,(H,17,18). The van der Waals surface area contributed by atoms with Gasteiger partial charge in [0.2, 0.25) is 0 Å². The Morgan fingerprint density at radius 1 is 1.45 bits per heavy atom. The number of para-hydroxylation sites is 1. The average molecular weight is 278 g/mol. The van der Waals surface area contributed by atoms with E-state index in [9.17, 15) is 4.79 Å². The molecule has 1 aliphatic rings. The Bertz CT molecular complexity index is 482. The summed E-state index contributed by atoms with van der Waals surface area (Å²) in [6.07, 6.45) is 1.62. The third-order valence-electron chi connectivity index (χ3n) is 3.59. The van der Waals surface area contributed by atoms with Crippen molar-refractivity contribution in [1.29, 1.82) is 0 Å². The number of carbonyl (C=O) groups is 1. The number of nitrogens with one attached hydrogen (secondary N) is 1. The second kappa shape index (κ2) is 6.13. The molecule has 110 valence electrons. The smallest absolute Gasteiger partial charge is 0.255 e. The van der Waals surface area contributed by atoms with E-state index in [0.29, 0.717) is 36.8 Å². The molecule has 2 rings (SSSR count). The molecule has 0 saturated carbocycles. The quantitative estimate of drug-likeness (QED) is 0.826. The zero-order valence-corrected chi connectivity index (χ0v) is 12.1. The first-order chi connectivity index (χ1) is 9.56. The molecule has 1 heterocycles. The number of benzene rings is 1. The second-order valence-electron chi connectivity index (χ2n) is 5.28. The van der Waals surface area contributed by atoms with Crippen molar-refractivity contribution in [2.24, 2.45) is 0 Å². The summed E-state index contributed by atoms with van der Waals surface area (Å²) in [4.78, 5) is 12.5. The van der Waals surface area contributed by atoms with E-state index < -0.39 is 0 Å². The van der Waals surface area contributed by atoms with E-state index in [0.717, 1.165) is 12.8 Å². The highest BCUT2D eigenvalue weighted by Gasteiger charge is 2.30. The summed E-state index contributed by atoms with van der Waals surface area (Å²) < 4.78 is 10.8. The van der Waals surface area contributed by atoms with Crippen molar-refractivity contribution >= 4 is 11.6 Å². The first-order valence-corrected chi connectivity index (χ1v) is 6.97. The van der Waals surface area contributed by atoms with Gasteiger partial charge in [-0.2, -0.15) is 0 Å². The van der Waals surface area contributed by atoms with E-state index in [2.05, 4.69) is 5.32 Å². The van der Waals surface area contributed by atoms with Crippen LogP contribution in [-0.4, -0.2) is 31.3 Å². The minimum absolute atomic E-state index is 0.148. The third-order valence-corrected chi connectivity index (χ3v) is 3.59. The maximum absolute atomic E-state index is 12.5. The molecule has 1 fully saturated rings. The van der Waals surface area contributed by atoms with E-state index in [1.54, 1.807) is 18.2 Å². The Morgan fingerprint density at radius 2 is 2.15 bits per heavy atom. The summed E-state index contributed by atoms with van der Waals surface area (Å²) in [5.74, 6) is 0.313. The van der Waals surface area contributed by atoms with Crippen molar-refractivity contribution in [2.75, 3.05) is 25.6 Å². The predicted octanol–water partition coefficient (Wildman–Crippen LogP) is 1.97. The van der Waals surface area contributed by atoms with E-state index in [-0.39, 0.29) is 11.4 Å². The highest BCUT2D eigenvalue weighted by Crippen LogP contribution is 2.28. The summed E-state index contributed by atoms with van der Waals surface area (Å²) >= 11 is 0. The number of hydrogen-bond acceptors (Lipinski definition) is 4. The Morgan fingerprint density at radius 3 is 2.80 bits per heavy atom. The molecule has 0 bridgehead atoms. The number of nitrogens with two attached hydrogens (primary N) is 1. The topological polar surface area (TPSA) is 73.6 Å². The molecule has 1 saturated heterocycles. The number of rotatable bonds is 4. The van der Waals surface area contributed by atoms with Crippen LogP contribution in [0.2, 0.25) is 0 Å². The fraction of sp³-hybridized carbons (Fsp3) is 0.533. The number of carbonyl (C=O) groups excluding carboxylic acids is 1. The van der Waals surface area contributed by atoms with E-state index in [1.807, 2.05) is 13.8 Å². The number of anilines is 1. The molecule has 20 heavy (non-hydrogen) atoms. The van der Waals surface area contributed by atoms with Gasteiger partial charge in [-0.25, -0.2) is 0 Å². The maximum atomic E-state index is 12.5. The van der Waals surface area contributed by atoms with Crippen LogP contribution in [0.5, 0.6) is 5.75 Å². The van der Waals surface area contributed by atoms with Crippen LogP contribution in [0.1, 0.15) is 37.0 Å². The molecular weight excluding hydrogens is 256 g/mol. The van der Waals surface area contributed by atoms with Gasteiger partial charge >= 0.3 is 0 Å². The lowest BCUT2D eigenvalue weighted by Gasteiger charge is -2.34. The van der Waals surface area contributed by atoms with E-state index in [1.165, 1.54) is 0 Å². The van der Waals surface area contributed by atoms with E-state index >= 15 is 0 Å². The molecule has 1 aromatic rings. The number of amides is 1. The molecular formula is C15H22N2O3. The van der Waals surface area contributed by atoms with Crippen molar-refractivity contribution in [1.82, 2.24) is 5.32 Å². The fourth-order valence-corrected chi connectivity index (χ4v) is 2.33. The number of ether oxygens (including phenoxy) is 2. The molecule has 1 aliphatic heterocycles. The zero-order valence-electron chi connectivity index (χ0n) is 12.1. The maximum Gasteiger partial charge on any atom is 0.255 e. The molecule has 0 aliphatic carbocycles. The van der Waals surface area contributed by atoms with Crippen molar-refractivity contribution in [2.45, 2.75) is 32.2 Å². The highest BCUT2D eigenvalue weighted by molar-refractivity contribution is 5.99. The highest BCUT2D eigenvalue weighted by atomic mass is 16.5. The molecule has 5 nitrogen and oxygen atoms in total. The van der Waals surface area contributed by atoms with Crippen LogP contribution in [0.25, 0.3) is 0 Å². The lowest BCUT2D eigenvalue weighted by atomic mass is 9.92. The average Bonchev–Trinajstić information content (AvgIpc) is 2.41. The molecule has 0 atom stereocenters. The van der Waals surface area contributed by atoms with Crippen molar-refractivity contribution in [3.63, 3.8) is 0 Å². The number of nitrogen functional groups attached to an aromatic ring is 1.